The smallest absolute Gasteiger partial charge is 0.327 e. The molecule has 5 nitrogen and oxygen atoms in total. The highest BCUT2D eigenvalue weighted by atomic mass is 16.5. The highest BCUT2D eigenvalue weighted by Gasteiger charge is 2.51. The second-order valence-corrected chi connectivity index (χ2v) is 5.21. The Morgan fingerprint density at radius 1 is 1.40 bits per heavy atom. The fourth-order valence-corrected chi connectivity index (χ4v) is 2.39. The number of rotatable bonds is 8. The SMILES string of the molecule is CNC(COc1ccc(CCO)cc1)(C(=O)O)C1CC1. The number of aliphatic hydroxyl groups excluding tert-OH is 1. The Kier molecular flexibility index (Phi) is 4.62. The number of ether oxygens (including phenoxy) is 1. The van der Waals surface area contributed by atoms with E-state index in [1.165, 1.54) is 0 Å². The molecule has 0 bridgehead atoms. The van der Waals surface area contributed by atoms with Crippen LogP contribution in [0.25, 0.3) is 0 Å². The molecule has 0 spiro atoms. The summed E-state index contributed by atoms with van der Waals surface area (Å²) in [4.78, 5) is 11.5. The lowest BCUT2D eigenvalue weighted by atomic mass is 9.94. The third-order valence-corrected chi connectivity index (χ3v) is 3.89. The molecule has 0 aromatic heterocycles. The summed E-state index contributed by atoms with van der Waals surface area (Å²) in [7, 11) is 1.67. The molecule has 0 radical (unpaired) electrons. The van der Waals surface area contributed by atoms with Crippen LogP contribution in [0.5, 0.6) is 5.75 Å². The van der Waals surface area contributed by atoms with Crippen molar-refractivity contribution in [3.63, 3.8) is 0 Å². The van der Waals surface area contributed by atoms with E-state index in [9.17, 15) is 9.90 Å². The molecule has 1 saturated carbocycles. The molecule has 0 saturated heterocycles. The molecule has 20 heavy (non-hydrogen) atoms. The molecule has 1 unspecified atom stereocenters. The normalized spacial score (nSPS) is 17.5. The lowest BCUT2D eigenvalue weighted by Gasteiger charge is -2.28. The summed E-state index contributed by atoms with van der Waals surface area (Å²) < 4.78 is 5.65. The average Bonchev–Trinajstić information content (AvgIpc) is 3.27. The van der Waals surface area contributed by atoms with E-state index in [2.05, 4.69) is 5.32 Å². The topological polar surface area (TPSA) is 78.8 Å². The molecular weight excluding hydrogens is 258 g/mol. The fraction of sp³-hybridized carbons (Fsp3) is 0.533. The fourth-order valence-electron chi connectivity index (χ4n) is 2.39. The van der Waals surface area contributed by atoms with Crippen molar-refractivity contribution in [2.75, 3.05) is 20.3 Å². The third-order valence-electron chi connectivity index (χ3n) is 3.89. The lowest BCUT2D eigenvalue weighted by Crippen LogP contribution is -2.56. The Bertz CT molecular complexity index is 455. The summed E-state index contributed by atoms with van der Waals surface area (Å²) in [5.41, 5.74) is 0.0317. The molecule has 110 valence electrons. The molecule has 1 aromatic rings. The van der Waals surface area contributed by atoms with Crippen molar-refractivity contribution in [2.24, 2.45) is 5.92 Å². The van der Waals surface area contributed by atoms with Gasteiger partial charge < -0.3 is 20.3 Å². The van der Waals surface area contributed by atoms with Gasteiger partial charge in [-0.2, -0.15) is 0 Å². The van der Waals surface area contributed by atoms with Crippen LogP contribution in [0, 0.1) is 5.92 Å². The second-order valence-electron chi connectivity index (χ2n) is 5.21. The van der Waals surface area contributed by atoms with Crippen LogP contribution in [0.3, 0.4) is 0 Å². The first-order chi connectivity index (χ1) is 9.62. The molecule has 1 aliphatic rings. The summed E-state index contributed by atoms with van der Waals surface area (Å²) in [6.45, 7) is 0.229. The van der Waals surface area contributed by atoms with Crippen molar-refractivity contribution in [2.45, 2.75) is 24.8 Å². The van der Waals surface area contributed by atoms with Gasteiger partial charge in [0.15, 0.2) is 5.54 Å². The Balaban J connectivity index is 2.00. The largest absolute Gasteiger partial charge is 0.491 e. The number of nitrogens with one attached hydrogen (secondary N) is 1. The zero-order valence-electron chi connectivity index (χ0n) is 11.6. The van der Waals surface area contributed by atoms with E-state index in [0.717, 1.165) is 18.4 Å². The number of hydrogen-bond donors (Lipinski definition) is 3. The summed E-state index contributed by atoms with van der Waals surface area (Å²) in [6.07, 6.45) is 2.45. The highest BCUT2D eigenvalue weighted by Crippen LogP contribution is 2.40. The van der Waals surface area contributed by atoms with E-state index in [1.807, 2.05) is 12.1 Å². The van der Waals surface area contributed by atoms with Crippen LogP contribution >= 0.6 is 0 Å². The number of likely N-dealkylation sites (N-methyl/N-ethyl adjacent to an activating group) is 1. The Labute approximate surface area is 118 Å². The van der Waals surface area contributed by atoms with Gasteiger partial charge in [0.1, 0.15) is 12.4 Å². The van der Waals surface area contributed by atoms with E-state index < -0.39 is 11.5 Å². The van der Waals surface area contributed by atoms with Crippen molar-refractivity contribution in [3.05, 3.63) is 29.8 Å². The van der Waals surface area contributed by atoms with E-state index in [-0.39, 0.29) is 19.1 Å². The zero-order chi connectivity index (χ0) is 14.6. The minimum Gasteiger partial charge on any atom is -0.491 e. The first kappa shape index (κ1) is 14.8. The lowest BCUT2D eigenvalue weighted by molar-refractivity contribution is -0.147. The van der Waals surface area contributed by atoms with Crippen LogP contribution in [0.1, 0.15) is 18.4 Å². The first-order valence-electron chi connectivity index (χ1n) is 6.87. The maximum atomic E-state index is 11.5. The van der Waals surface area contributed by atoms with Crippen LogP contribution < -0.4 is 10.1 Å². The van der Waals surface area contributed by atoms with Gasteiger partial charge in [-0.05, 0) is 49.9 Å². The Hall–Kier alpha value is -1.59. The third kappa shape index (κ3) is 3.11. The number of hydrogen-bond acceptors (Lipinski definition) is 4. The first-order valence-corrected chi connectivity index (χ1v) is 6.87. The molecule has 3 N–H and O–H groups in total. The molecule has 1 aromatic carbocycles. The maximum Gasteiger partial charge on any atom is 0.327 e. The maximum absolute atomic E-state index is 11.5. The van der Waals surface area contributed by atoms with Crippen LogP contribution in [0.15, 0.2) is 24.3 Å². The van der Waals surface area contributed by atoms with E-state index in [0.29, 0.717) is 12.2 Å². The van der Waals surface area contributed by atoms with Crippen LogP contribution in [-0.2, 0) is 11.2 Å². The van der Waals surface area contributed by atoms with E-state index in [1.54, 1.807) is 19.2 Å². The summed E-state index contributed by atoms with van der Waals surface area (Å²) in [5, 5.41) is 21.2. The van der Waals surface area contributed by atoms with Crippen molar-refractivity contribution >= 4 is 5.97 Å². The summed E-state index contributed by atoms with van der Waals surface area (Å²) >= 11 is 0. The quantitative estimate of drug-likeness (QED) is 0.663. The monoisotopic (exact) mass is 279 g/mol. The number of carboxylic acids is 1. The van der Waals surface area contributed by atoms with Gasteiger partial charge in [0.05, 0.1) is 0 Å². The van der Waals surface area contributed by atoms with Gasteiger partial charge in [-0.25, -0.2) is 0 Å². The molecule has 0 aliphatic heterocycles. The predicted molar refractivity (Wildman–Crippen MR) is 74.9 cm³/mol. The molecule has 1 fully saturated rings. The minimum atomic E-state index is -0.996. The molecule has 1 atom stereocenters. The molecule has 1 aliphatic carbocycles. The summed E-state index contributed by atoms with van der Waals surface area (Å²) in [6, 6.07) is 7.37. The standard InChI is InChI=1S/C15H21NO4/c1-16-15(14(18)19,12-4-5-12)10-20-13-6-2-11(3-7-13)8-9-17/h2-3,6-7,12,16-17H,4-5,8-10H2,1H3,(H,18,19). The van der Waals surface area contributed by atoms with Crippen LogP contribution in [0.2, 0.25) is 0 Å². The highest BCUT2D eigenvalue weighted by molar-refractivity contribution is 5.80. The van der Waals surface area contributed by atoms with Gasteiger partial charge >= 0.3 is 5.97 Å². The van der Waals surface area contributed by atoms with Gasteiger partial charge in [-0.3, -0.25) is 4.79 Å². The molecule has 5 heteroatoms. The minimum absolute atomic E-state index is 0.114. The molecule has 0 amide bonds. The number of aliphatic hydroxyl groups is 1. The van der Waals surface area contributed by atoms with Gasteiger partial charge in [0, 0.05) is 6.61 Å². The number of benzene rings is 1. The molecular formula is C15H21NO4. The number of carboxylic acid groups (broad SMARTS) is 1. The number of carbonyl (C=O) groups is 1. The van der Waals surface area contributed by atoms with E-state index in [4.69, 9.17) is 9.84 Å². The predicted octanol–water partition coefficient (Wildman–Crippen LogP) is 1.05. The number of aliphatic carboxylic acids is 1. The van der Waals surface area contributed by atoms with Gasteiger partial charge in [-0.1, -0.05) is 12.1 Å². The summed E-state index contributed by atoms with van der Waals surface area (Å²) in [5.74, 6) is -0.0775. The second kappa shape index (κ2) is 6.24. The Morgan fingerprint density at radius 3 is 2.50 bits per heavy atom. The molecule has 0 heterocycles. The zero-order valence-corrected chi connectivity index (χ0v) is 11.6. The van der Waals surface area contributed by atoms with Gasteiger partial charge in [-0.15, -0.1) is 0 Å². The molecule has 2 rings (SSSR count). The van der Waals surface area contributed by atoms with Crippen molar-refractivity contribution in [1.82, 2.24) is 5.32 Å². The Morgan fingerprint density at radius 2 is 2.05 bits per heavy atom. The van der Waals surface area contributed by atoms with Gasteiger partial charge in [0.2, 0.25) is 0 Å². The average molecular weight is 279 g/mol. The van der Waals surface area contributed by atoms with Crippen molar-refractivity contribution in [1.29, 1.82) is 0 Å². The van der Waals surface area contributed by atoms with Crippen molar-refractivity contribution < 1.29 is 19.7 Å². The van der Waals surface area contributed by atoms with Crippen LogP contribution in [0.4, 0.5) is 0 Å². The van der Waals surface area contributed by atoms with Crippen LogP contribution in [-0.4, -0.2) is 42.0 Å². The van der Waals surface area contributed by atoms with E-state index >= 15 is 0 Å². The van der Waals surface area contributed by atoms with Gasteiger partial charge in [0.25, 0.3) is 0 Å². The van der Waals surface area contributed by atoms with Crippen molar-refractivity contribution in [3.8, 4) is 5.75 Å².